The first-order valence-electron chi connectivity index (χ1n) is 7.97. The second-order valence-electron chi connectivity index (χ2n) is 6.30. The van der Waals surface area contributed by atoms with E-state index in [2.05, 4.69) is 30.0 Å². The van der Waals surface area contributed by atoms with E-state index < -0.39 is 6.10 Å². The van der Waals surface area contributed by atoms with Crippen molar-refractivity contribution in [3.8, 4) is 5.69 Å². The number of likely N-dealkylation sites (tertiary alicyclic amines) is 1. The van der Waals surface area contributed by atoms with Crippen LogP contribution in [0.2, 0.25) is 0 Å². The van der Waals surface area contributed by atoms with Crippen LogP contribution in [0.25, 0.3) is 5.69 Å². The molecule has 0 saturated carbocycles. The van der Waals surface area contributed by atoms with Gasteiger partial charge in [0.05, 0.1) is 11.8 Å². The zero-order chi connectivity index (χ0) is 16.6. The fourth-order valence-corrected chi connectivity index (χ4v) is 2.95. The topological polar surface area (TPSA) is 71.2 Å². The quantitative estimate of drug-likeness (QED) is 0.939. The van der Waals surface area contributed by atoms with Gasteiger partial charge in [0.25, 0.3) is 5.91 Å². The van der Waals surface area contributed by atoms with Crippen LogP contribution in [-0.2, 0) is 0 Å². The van der Waals surface area contributed by atoms with Crippen LogP contribution in [0, 0.1) is 6.92 Å². The molecule has 1 amide bonds. The van der Waals surface area contributed by atoms with Gasteiger partial charge in [-0.05, 0) is 30.9 Å². The van der Waals surface area contributed by atoms with Crippen molar-refractivity contribution in [1.29, 1.82) is 0 Å². The van der Waals surface area contributed by atoms with Gasteiger partial charge in [0.15, 0.2) is 0 Å². The Hall–Kier alpha value is -2.21. The second kappa shape index (κ2) is 6.12. The SMILES string of the molecule is Cc1nc(C(=O)N2CC[C@@H](O)C2)nn1-c1ccccc1C(C)C. The molecular formula is C17H22N4O2. The average molecular weight is 314 g/mol. The smallest absolute Gasteiger partial charge is 0.293 e. The van der Waals surface area contributed by atoms with Crippen LogP contribution in [-0.4, -0.2) is 49.9 Å². The van der Waals surface area contributed by atoms with Crippen LogP contribution in [0.5, 0.6) is 0 Å². The van der Waals surface area contributed by atoms with Crippen molar-refractivity contribution >= 4 is 5.91 Å². The number of aryl methyl sites for hydroxylation is 1. The average Bonchev–Trinajstić information content (AvgIpc) is 3.12. The normalized spacial score (nSPS) is 18.0. The Bertz CT molecular complexity index is 723. The van der Waals surface area contributed by atoms with Crippen molar-refractivity contribution in [3.05, 3.63) is 41.5 Å². The predicted octanol–water partition coefficient (Wildman–Crippen LogP) is 1.91. The molecule has 2 aromatic rings. The third kappa shape index (κ3) is 2.99. The van der Waals surface area contributed by atoms with Gasteiger partial charge in [0.1, 0.15) is 5.82 Å². The first-order valence-corrected chi connectivity index (χ1v) is 7.97. The van der Waals surface area contributed by atoms with Crippen molar-refractivity contribution in [1.82, 2.24) is 19.7 Å². The minimum atomic E-state index is -0.441. The molecule has 6 heteroatoms. The van der Waals surface area contributed by atoms with E-state index in [4.69, 9.17) is 0 Å². The van der Waals surface area contributed by atoms with Crippen molar-refractivity contribution in [2.45, 2.75) is 39.2 Å². The maximum atomic E-state index is 12.5. The molecule has 1 atom stereocenters. The Morgan fingerprint density at radius 2 is 2.09 bits per heavy atom. The van der Waals surface area contributed by atoms with Gasteiger partial charge in [-0.3, -0.25) is 4.79 Å². The molecule has 1 aliphatic rings. The van der Waals surface area contributed by atoms with E-state index >= 15 is 0 Å². The first kappa shape index (κ1) is 15.7. The Labute approximate surface area is 135 Å². The van der Waals surface area contributed by atoms with Crippen molar-refractivity contribution in [2.75, 3.05) is 13.1 Å². The zero-order valence-electron chi connectivity index (χ0n) is 13.7. The molecule has 6 nitrogen and oxygen atoms in total. The lowest BCUT2D eigenvalue weighted by Crippen LogP contribution is -2.30. The van der Waals surface area contributed by atoms with Crippen molar-refractivity contribution in [2.24, 2.45) is 0 Å². The number of aliphatic hydroxyl groups is 1. The molecule has 1 aliphatic heterocycles. The molecule has 2 heterocycles. The number of nitrogens with zero attached hydrogens (tertiary/aromatic N) is 4. The minimum absolute atomic E-state index is 0.190. The lowest BCUT2D eigenvalue weighted by molar-refractivity contribution is 0.0753. The van der Waals surface area contributed by atoms with Gasteiger partial charge in [-0.15, -0.1) is 5.10 Å². The lowest BCUT2D eigenvalue weighted by atomic mass is 10.0. The molecule has 0 spiro atoms. The Morgan fingerprint density at radius 3 is 2.74 bits per heavy atom. The van der Waals surface area contributed by atoms with E-state index in [-0.39, 0.29) is 11.7 Å². The van der Waals surface area contributed by atoms with Crippen LogP contribution < -0.4 is 0 Å². The minimum Gasteiger partial charge on any atom is -0.391 e. The van der Waals surface area contributed by atoms with Crippen molar-refractivity contribution < 1.29 is 9.90 Å². The standard InChI is InChI=1S/C17H22N4O2/c1-11(2)14-6-4-5-7-15(14)21-12(3)18-16(19-21)17(23)20-9-8-13(22)10-20/h4-7,11,13,22H,8-10H2,1-3H3/t13-/m1/s1. The third-order valence-electron chi connectivity index (χ3n) is 4.20. The van der Waals surface area contributed by atoms with E-state index in [0.717, 1.165) is 11.3 Å². The van der Waals surface area contributed by atoms with E-state index in [1.165, 1.54) is 0 Å². The second-order valence-corrected chi connectivity index (χ2v) is 6.30. The molecule has 122 valence electrons. The molecule has 3 rings (SSSR count). The molecule has 23 heavy (non-hydrogen) atoms. The molecule has 1 aromatic heterocycles. The highest BCUT2D eigenvalue weighted by Gasteiger charge is 2.28. The highest BCUT2D eigenvalue weighted by atomic mass is 16.3. The number of aromatic nitrogens is 3. The summed E-state index contributed by atoms with van der Waals surface area (Å²) in [7, 11) is 0. The molecule has 0 radical (unpaired) electrons. The molecule has 0 aliphatic carbocycles. The summed E-state index contributed by atoms with van der Waals surface area (Å²) < 4.78 is 1.73. The number of hydrogen-bond donors (Lipinski definition) is 1. The molecular weight excluding hydrogens is 292 g/mol. The predicted molar refractivity (Wildman–Crippen MR) is 86.7 cm³/mol. The molecule has 1 fully saturated rings. The summed E-state index contributed by atoms with van der Waals surface area (Å²) in [4.78, 5) is 18.4. The first-order chi connectivity index (χ1) is 11.0. The maximum Gasteiger partial charge on any atom is 0.293 e. The van der Waals surface area contributed by atoms with Gasteiger partial charge >= 0.3 is 0 Å². The summed E-state index contributed by atoms with van der Waals surface area (Å²) in [6.07, 6.45) is 0.172. The van der Waals surface area contributed by atoms with Gasteiger partial charge in [0, 0.05) is 13.1 Å². The van der Waals surface area contributed by atoms with Crippen LogP contribution in [0.15, 0.2) is 24.3 Å². The van der Waals surface area contributed by atoms with E-state index in [1.54, 1.807) is 9.58 Å². The lowest BCUT2D eigenvalue weighted by Gasteiger charge is -2.13. The highest BCUT2D eigenvalue weighted by Crippen LogP contribution is 2.23. The number of carbonyl (C=O) groups is 1. The summed E-state index contributed by atoms with van der Waals surface area (Å²) in [5, 5.41) is 14.0. The number of hydrogen-bond acceptors (Lipinski definition) is 4. The fraction of sp³-hybridized carbons (Fsp3) is 0.471. The van der Waals surface area contributed by atoms with Gasteiger partial charge in [-0.1, -0.05) is 32.0 Å². The molecule has 0 unspecified atom stereocenters. The van der Waals surface area contributed by atoms with Gasteiger partial charge in [-0.2, -0.15) is 0 Å². The number of β-amino-alcohol motifs (C(OH)–C–C–N with tert-alkyl or cyclic N) is 1. The number of para-hydroxylation sites is 1. The van der Waals surface area contributed by atoms with Crippen LogP contribution >= 0.6 is 0 Å². The molecule has 1 aromatic carbocycles. The molecule has 1 N–H and O–H groups in total. The maximum absolute atomic E-state index is 12.5. The van der Waals surface area contributed by atoms with Crippen LogP contribution in [0.4, 0.5) is 0 Å². The number of rotatable bonds is 3. The highest BCUT2D eigenvalue weighted by molar-refractivity contribution is 5.90. The Balaban J connectivity index is 1.94. The summed E-state index contributed by atoms with van der Waals surface area (Å²) in [5.74, 6) is 1.00. The summed E-state index contributed by atoms with van der Waals surface area (Å²) >= 11 is 0. The van der Waals surface area contributed by atoms with Gasteiger partial charge < -0.3 is 10.0 Å². The Kier molecular flexibility index (Phi) is 4.17. The third-order valence-corrected chi connectivity index (χ3v) is 4.20. The number of benzene rings is 1. The fourth-order valence-electron chi connectivity index (χ4n) is 2.95. The van der Waals surface area contributed by atoms with Crippen LogP contribution in [0.1, 0.15) is 48.2 Å². The molecule has 0 bridgehead atoms. The summed E-state index contributed by atoms with van der Waals surface area (Å²) in [6, 6.07) is 8.02. The van der Waals surface area contributed by atoms with E-state index in [1.807, 2.05) is 25.1 Å². The number of carbonyl (C=O) groups excluding carboxylic acids is 1. The van der Waals surface area contributed by atoms with Crippen molar-refractivity contribution in [3.63, 3.8) is 0 Å². The monoisotopic (exact) mass is 314 g/mol. The van der Waals surface area contributed by atoms with Crippen LogP contribution in [0.3, 0.4) is 0 Å². The zero-order valence-corrected chi connectivity index (χ0v) is 13.7. The summed E-state index contributed by atoms with van der Waals surface area (Å²) in [6.45, 7) is 7.01. The number of amides is 1. The number of aliphatic hydroxyl groups excluding tert-OH is 1. The van der Waals surface area contributed by atoms with Gasteiger partial charge in [0.2, 0.25) is 5.82 Å². The van der Waals surface area contributed by atoms with E-state index in [9.17, 15) is 9.90 Å². The largest absolute Gasteiger partial charge is 0.391 e. The molecule has 1 saturated heterocycles. The summed E-state index contributed by atoms with van der Waals surface area (Å²) in [5.41, 5.74) is 2.11. The van der Waals surface area contributed by atoms with Gasteiger partial charge in [-0.25, -0.2) is 9.67 Å². The Morgan fingerprint density at radius 1 is 1.35 bits per heavy atom. The van der Waals surface area contributed by atoms with E-state index in [0.29, 0.717) is 31.3 Å².